The molecule has 2 atom stereocenters. The third kappa shape index (κ3) is 7.87. The summed E-state index contributed by atoms with van der Waals surface area (Å²) in [6.45, 7) is 5.32. The van der Waals surface area contributed by atoms with Crippen LogP contribution in [0.1, 0.15) is 39.2 Å². The zero-order valence-electron chi connectivity index (χ0n) is 21.9. The van der Waals surface area contributed by atoms with Crippen LogP contribution >= 0.6 is 0 Å². The highest BCUT2D eigenvalue weighted by Gasteiger charge is 2.32. The van der Waals surface area contributed by atoms with Crippen LogP contribution in [0.5, 0.6) is 11.5 Å². The zero-order chi connectivity index (χ0) is 26.9. The lowest BCUT2D eigenvalue weighted by Crippen LogP contribution is -2.53. The van der Waals surface area contributed by atoms with Crippen molar-refractivity contribution in [3.63, 3.8) is 0 Å². The number of nitrogens with zero attached hydrogens (tertiary/aromatic N) is 2. The summed E-state index contributed by atoms with van der Waals surface area (Å²) in [5, 5.41) is 2.95. The van der Waals surface area contributed by atoms with E-state index in [4.69, 9.17) is 9.47 Å². The minimum absolute atomic E-state index is 0.0652. The fraction of sp³-hybridized carbons (Fsp3) is 0.462. The molecule has 2 amide bonds. The number of ether oxygens (including phenoxy) is 2. The Morgan fingerprint density at radius 1 is 0.972 bits per heavy atom. The van der Waals surface area contributed by atoms with E-state index in [-0.39, 0.29) is 18.5 Å². The summed E-state index contributed by atoms with van der Waals surface area (Å²) in [5.41, 5.74) is 1.05. The molecule has 0 aliphatic carbocycles. The van der Waals surface area contributed by atoms with Gasteiger partial charge in [0.05, 0.1) is 26.2 Å². The topological polar surface area (TPSA) is 105 Å². The van der Waals surface area contributed by atoms with Crippen LogP contribution in [0.3, 0.4) is 0 Å². The quantitative estimate of drug-likeness (QED) is 0.436. The molecule has 0 aliphatic heterocycles. The summed E-state index contributed by atoms with van der Waals surface area (Å²) in [6, 6.07) is 12.8. The number of hydrogen-bond donors (Lipinski definition) is 1. The van der Waals surface area contributed by atoms with Gasteiger partial charge >= 0.3 is 0 Å². The first-order chi connectivity index (χ1) is 17.0. The largest absolute Gasteiger partial charge is 0.497 e. The number of amides is 2. The van der Waals surface area contributed by atoms with Gasteiger partial charge in [0.1, 0.15) is 24.1 Å². The van der Waals surface area contributed by atoms with Crippen LogP contribution in [-0.4, -0.2) is 64.2 Å². The monoisotopic (exact) mass is 519 g/mol. The van der Waals surface area contributed by atoms with E-state index in [1.54, 1.807) is 49.6 Å². The Hall–Kier alpha value is -3.27. The second-order valence-corrected chi connectivity index (χ2v) is 10.5. The highest BCUT2D eigenvalue weighted by Crippen LogP contribution is 2.24. The standard InChI is InChI=1S/C26H37N3O6S/c1-7-19(3)27-26(31)24(8-2)28(17-20-11-9-13-22(15-20)34-4)25(30)18-29(36(6,32)33)21-12-10-14-23(16-21)35-5/h9-16,19,24H,7-8,17-18H2,1-6H3,(H,27,31)/t19-,24-/m1/s1. The predicted molar refractivity (Wildman–Crippen MR) is 141 cm³/mol. The summed E-state index contributed by atoms with van der Waals surface area (Å²) in [4.78, 5) is 28.3. The van der Waals surface area contributed by atoms with Gasteiger partial charge in [0.2, 0.25) is 21.8 Å². The maximum atomic E-state index is 13.7. The van der Waals surface area contributed by atoms with Crippen LogP contribution in [0.2, 0.25) is 0 Å². The van der Waals surface area contributed by atoms with Gasteiger partial charge in [-0.1, -0.05) is 32.0 Å². The lowest BCUT2D eigenvalue weighted by Gasteiger charge is -2.33. The van der Waals surface area contributed by atoms with E-state index < -0.39 is 28.5 Å². The molecule has 0 spiro atoms. The molecule has 0 saturated carbocycles. The molecular weight excluding hydrogens is 482 g/mol. The van der Waals surface area contributed by atoms with Crippen molar-refractivity contribution < 1.29 is 27.5 Å². The lowest BCUT2D eigenvalue weighted by molar-refractivity contribution is -0.140. The van der Waals surface area contributed by atoms with Crippen molar-refractivity contribution in [1.82, 2.24) is 10.2 Å². The second kappa shape index (κ2) is 13.2. The maximum Gasteiger partial charge on any atom is 0.244 e. The highest BCUT2D eigenvalue weighted by molar-refractivity contribution is 7.92. The van der Waals surface area contributed by atoms with Gasteiger partial charge in [-0.3, -0.25) is 13.9 Å². The molecule has 0 saturated heterocycles. The van der Waals surface area contributed by atoms with Crippen LogP contribution in [0.4, 0.5) is 5.69 Å². The van der Waals surface area contributed by atoms with Crippen molar-refractivity contribution in [3.05, 3.63) is 54.1 Å². The van der Waals surface area contributed by atoms with Crippen molar-refractivity contribution in [2.24, 2.45) is 0 Å². The number of rotatable bonds is 13. The van der Waals surface area contributed by atoms with Gasteiger partial charge in [-0.25, -0.2) is 8.42 Å². The molecule has 2 aromatic rings. The Kier molecular flexibility index (Phi) is 10.6. The van der Waals surface area contributed by atoms with E-state index in [0.717, 1.165) is 22.5 Å². The molecule has 0 heterocycles. The number of carbonyl (C=O) groups excluding carboxylic acids is 2. The maximum absolute atomic E-state index is 13.7. The number of benzene rings is 2. The van der Waals surface area contributed by atoms with Gasteiger partial charge in [0, 0.05) is 18.7 Å². The number of hydrogen-bond acceptors (Lipinski definition) is 6. The average Bonchev–Trinajstić information content (AvgIpc) is 2.86. The summed E-state index contributed by atoms with van der Waals surface area (Å²) in [5.74, 6) is 0.292. The minimum atomic E-state index is -3.82. The third-order valence-electron chi connectivity index (χ3n) is 5.89. The molecule has 36 heavy (non-hydrogen) atoms. The Morgan fingerprint density at radius 3 is 2.14 bits per heavy atom. The Bertz CT molecular complexity index is 1140. The molecule has 0 aromatic heterocycles. The van der Waals surface area contributed by atoms with Crippen LogP contribution in [-0.2, 0) is 26.2 Å². The molecule has 10 heteroatoms. The van der Waals surface area contributed by atoms with Gasteiger partial charge in [-0.05, 0) is 49.6 Å². The van der Waals surface area contributed by atoms with Gasteiger partial charge in [0.15, 0.2) is 0 Å². The molecule has 198 valence electrons. The summed E-state index contributed by atoms with van der Waals surface area (Å²) in [6.07, 6.45) is 2.14. The van der Waals surface area contributed by atoms with Gasteiger partial charge in [-0.2, -0.15) is 0 Å². The molecule has 1 N–H and O–H groups in total. The SMILES string of the molecule is CC[C@@H](C)NC(=O)[C@@H](CC)N(Cc1cccc(OC)c1)C(=O)CN(c1cccc(OC)c1)S(C)(=O)=O. The van der Waals surface area contributed by atoms with Crippen molar-refractivity contribution in [2.45, 2.75) is 52.2 Å². The van der Waals surface area contributed by atoms with Crippen molar-refractivity contribution >= 4 is 27.5 Å². The molecule has 9 nitrogen and oxygen atoms in total. The first-order valence-electron chi connectivity index (χ1n) is 11.9. The van der Waals surface area contributed by atoms with Gasteiger partial charge < -0.3 is 19.7 Å². The summed E-state index contributed by atoms with van der Waals surface area (Å²) < 4.78 is 37.0. The first kappa shape index (κ1) is 29.0. The van der Waals surface area contributed by atoms with Crippen molar-refractivity contribution in [1.29, 1.82) is 0 Å². The van der Waals surface area contributed by atoms with Crippen LogP contribution in [0, 0.1) is 0 Å². The summed E-state index contributed by atoms with van der Waals surface area (Å²) in [7, 11) is -0.792. The van der Waals surface area contributed by atoms with Gasteiger partial charge in [-0.15, -0.1) is 0 Å². The lowest BCUT2D eigenvalue weighted by atomic mass is 10.1. The van der Waals surface area contributed by atoms with Crippen LogP contribution < -0.4 is 19.1 Å². The van der Waals surface area contributed by atoms with Crippen LogP contribution in [0.15, 0.2) is 48.5 Å². The number of sulfonamides is 1. The molecule has 0 aliphatic rings. The number of methoxy groups -OCH3 is 2. The number of nitrogens with one attached hydrogen (secondary N) is 1. The van der Waals surface area contributed by atoms with E-state index >= 15 is 0 Å². The second-order valence-electron chi connectivity index (χ2n) is 8.59. The Morgan fingerprint density at radius 2 is 1.58 bits per heavy atom. The molecule has 0 radical (unpaired) electrons. The molecule has 0 bridgehead atoms. The fourth-order valence-electron chi connectivity index (χ4n) is 3.71. The van der Waals surface area contributed by atoms with Crippen LogP contribution in [0.25, 0.3) is 0 Å². The van der Waals surface area contributed by atoms with E-state index in [2.05, 4.69) is 5.32 Å². The summed E-state index contributed by atoms with van der Waals surface area (Å²) >= 11 is 0. The first-order valence-corrected chi connectivity index (χ1v) is 13.7. The van der Waals surface area contributed by atoms with E-state index in [9.17, 15) is 18.0 Å². The molecule has 2 rings (SSSR count). The van der Waals surface area contributed by atoms with E-state index in [1.165, 1.54) is 12.0 Å². The number of carbonyl (C=O) groups is 2. The Balaban J connectivity index is 2.47. The predicted octanol–water partition coefficient (Wildman–Crippen LogP) is 3.19. The molecular formula is C26H37N3O6S. The van der Waals surface area contributed by atoms with Gasteiger partial charge in [0.25, 0.3) is 0 Å². The van der Waals surface area contributed by atoms with E-state index in [0.29, 0.717) is 23.6 Å². The van der Waals surface area contributed by atoms with Crippen molar-refractivity contribution in [2.75, 3.05) is 31.3 Å². The van der Waals surface area contributed by atoms with Crippen molar-refractivity contribution in [3.8, 4) is 11.5 Å². The molecule has 0 unspecified atom stereocenters. The minimum Gasteiger partial charge on any atom is -0.497 e. The smallest absolute Gasteiger partial charge is 0.244 e. The number of anilines is 1. The fourth-order valence-corrected chi connectivity index (χ4v) is 4.55. The average molecular weight is 520 g/mol. The molecule has 2 aromatic carbocycles. The zero-order valence-corrected chi connectivity index (χ0v) is 22.7. The highest BCUT2D eigenvalue weighted by atomic mass is 32.2. The molecule has 0 fully saturated rings. The normalized spacial score (nSPS) is 12.8. The third-order valence-corrected chi connectivity index (χ3v) is 7.04. The Labute approximate surface area is 214 Å². The van der Waals surface area contributed by atoms with E-state index in [1.807, 2.05) is 26.8 Å².